The van der Waals surface area contributed by atoms with Crippen molar-refractivity contribution < 1.29 is 18.9 Å². The summed E-state index contributed by atoms with van der Waals surface area (Å²) in [4.78, 5) is 14.7. The summed E-state index contributed by atoms with van der Waals surface area (Å²) in [6, 6.07) is 9.88. The van der Waals surface area contributed by atoms with Gasteiger partial charge >= 0.3 is 0 Å². The number of hydrogen-bond acceptors (Lipinski definition) is 8. The summed E-state index contributed by atoms with van der Waals surface area (Å²) in [6.07, 6.45) is 3.55. The molecule has 0 amide bonds. The zero-order valence-corrected chi connectivity index (χ0v) is 20.3. The average Bonchev–Trinajstić information content (AvgIpc) is 2.85. The highest BCUT2D eigenvalue weighted by Gasteiger charge is 2.28. The minimum atomic E-state index is 0.440. The third kappa shape index (κ3) is 3.91. The largest absolute Gasteiger partial charge is 0.494 e. The molecule has 180 valence electrons. The second kappa shape index (κ2) is 9.44. The second-order valence-electron chi connectivity index (χ2n) is 8.74. The number of ether oxygens (including phenoxy) is 4. The number of anilines is 2. The van der Waals surface area contributed by atoms with E-state index >= 15 is 0 Å². The summed E-state index contributed by atoms with van der Waals surface area (Å²) >= 11 is 0. The Labute approximate surface area is 200 Å². The Morgan fingerprint density at radius 3 is 1.88 bits per heavy atom. The van der Waals surface area contributed by atoms with Gasteiger partial charge in [0, 0.05) is 43.5 Å². The van der Waals surface area contributed by atoms with Gasteiger partial charge in [-0.25, -0.2) is 9.97 Å². The predicted molar refractivity (Wildman–Crippen MR) is 133 cm³/mol. The van der Waals surface area contributed by atoms with Crippen LogP contribution in [-0.2, 0) is 0 Å². The van der Waals surface area contributed by atoms with Crippen LogP contribution < -0.4 is 28.7 Å². The van der Waals surface area contributed by atoms with Crippen molar-refractivity contribution in [1.82, 2.24) is 9.97 Å². The van der Waals surface area contributed by atoms with Gasteiger partial charge < -0.3 is 28.7 Å². The first-order valence-corrected chi connectivity index (χ1v) is 11.8. The number of hydrogen-bond donors (Lipinski definition) is 0. The molecule has 3 aromatic rings. The molecule has 2 aliphatic rings. The Morgan fingerprint density at radius 2 is 1.32 bits per heavy atom. The minimum Gasteiger partial charge on any atom is -0.494 e. The van der Waals surface area contributed by atoms with Gasteiger partial charge in [0.15, 0.2) is 11.5 Å². The molecule has 8 heteroatoms. The summed E-state index contributed by atoms with van der Waals surface area (Å²) in [5, 5.41) is 0.990. The normalized spacial score (nSPS) is 16.4. The molecular weight excluding hydrogens is 432 g/mol. The molecule has 34 heavy (non-hydrogen) atoms. The highest BCUT2D eigenvalue weighted by atomic mass is 16.5. The van der Waals surface area contributed by atoms with E-state index in [0.717, 1.165) is 78.8 Å². The molecule has 1 saturated carbocycles. The van der Waals surface area contributed by atoms with Crippen molar-refractivity contribution in [2.45, 2.75) is 25.2 Å². The lowest BCUT2D eigenvalue weighted by molar-refractivity contribution is 0.355. The van der Waals surface area contributed by atoms with Crippen LogP contribution in [0.2, 0.25) is 0 Å². The highest BCUT2D eigenvalue weighted by Crippen LogP contribution is 2.41. The molecule has 8 nitrogen and oxygen atoms in total. The quantitative estimate of drug-likeness (QED) is 0.514. The lowest BCUT2D eigenvalue weighted by Gasteiger charge is -2.38. The first kappa shape index (κ1) is 22.4. The first-order chi connectivity index (χ1) is 16.7. The van der Waals surface area contributed by atoms with E-state index in [1.807, 2.05) is 30.3 Å². The number of para-hydroxylation sites is 1. The van der Waals surface area contributed by atoms with E-state index in [1.54, 1.807) is 28.4 Å². The van der Waals surface area contributed by atoms with Crippen molar-refractivity contribution in [2.75, 3.05) is 64.4 Å². The lowest BCUT2D eigenvalue weighted by atomic mass is 9.85. The van der Waals surface area contributed by atoms with E-state index in [1.165, 1.54) is 6.42 Å². The van der Waals surface area contributed by atoms with Crippen LogP contribution >= 0.6 is 0 Å². The monoisotopic (exact) mass is 464 g/mol. The van der Waals surface area contributed by atoms with Crippen molar-refractivity contribution >= 4 is 22.4 Å². The number of fused-ring (bicyclic) bond motifs is 1. The van der Waals surface area contributed by atoms with E-state index in [4.69, 9.17) is 28.9 Å². The fraction of sp³-hybridized carbons (Fsp3) is 0.462. The number of aromatic nitrogens is 2. The van der Waals surface area contributed by atoms with Crippen LogP contribution in [0.4, 0.5) is 11.5 Å². The number of piperazine rings is 1. The number of nitrogens with zero attached hydrogens (tertiary/aromatic N) is 4. The smallest absolute Gasteiger partial charge is 0.162 e. The maximum atomic E-state index is 5.64. The summed E-state index contributed by atoms with van der Waals surface area (Å²) < 4.78 is 22.4. The third-order valence-corrected chi connectivity index (χ3v) is 6.97. The summed E-state index contributed by atoms with van der Waals surface area (Å²) in [6.45, 7) is 3.31. The van der Waals surface area contributed by atoms with Gasteiger partial charge in [-0.15, -0.1) is 0 Å². The van der Waals surface area contributed by atoms with Crippen LogP contribution in [-0.4, -0.2) is 64.6 Å². The number of benzene rings is 2. The molecule has 2 aromatic carbocycles. The fourth-order valence-electron chi connectivity index (χ4n) is 4.83. The predicted octanol–water partition coefficient (Wildman–Crippen LogP) is 4.26. The van der Waals surface area contributed by atoms with Gasteiger partial charge in [0.2, 0.25) is 0 Å². The molecule has 0 spiro atoms. The molecule has 5 rings (SSSR count). The maximum Gasteiger partial charge on any atom is 0.162 e. The average molecular weight is 465 g/mol. The van der Waals surface area contributed by atoms with Crippen molar-refractivity contribution in [3.63, 3.8) is 0 Å². The third-order valence-electron chi connectivity index (χ3n) is 6.97. The van der Waals surface area contributed by atoms with E-state index in [9.17, 15) is 0 Å². The number of rotatable bonds is 7. The zero-order valence-electron chi connectivity index (χ0n) is 20.3. The van der Waals surface area contributed by atoms with Crippen LogP contribution in [0.5, 0.6) is 23.0 Å². The standard InChI is InChI=1S/C26H32N4O4/c1-31-20-9-6-10-21(32-2)24(20)29-11-13-30(14-12-29)26-18-15-22(33-3)23(34-4)16-19(18)27-25(28-26)17-7-5-8-17/h6,9-10,15-17H,5,7-8,11-14H2,1-4H3. The van der Waals surface area contributed by atoms with Gasteiger partial charge in [-0.2, -0.15) is 0 Å². The second-order valence-corrected chi connectivity index (χ2v) is 8.74. The molecular formula is C26H32N4O4. The van der Waals surface area contributed by atoms with Gasteiger partial charge in [-0.05, 0) is 31.0 Å². The van der Waals surface area contributed by atoms with Gasteiger partial charge in [0.1, 0.15) is 28.8 Å². The van der Waals surface area contributed by atoms with Crippen LogP contribution in [0, 0.1) is 0 Å². The Bertz CT molecular complexity index is 1150. The molecule has 2 heterocycles. The molecule has 1 aliphatic heterocycles. The molecule has 2 fully saturated rings. The van der Waals surface area contributed by atoms with Gasteiger partial charge in [-0.1, -0.05) is 12.5 Å². The Hall–Kier alpha value is -3.42. The molecule has 1 aromatic heterocycles. The molecule has 0 unspecified atom stereocenters. The van der Waals surface area contributed by atoms with E-state index in [-0.39, 0.29) is 0 Å². The fourth-order valence-corrected chi connectivity index (χ4v) is 4.83. The minimum absolute atomic E-state index is 0.440. The van der Waals surface area contributed by atoms with Gasteiger partial charge in [0.05, 0.1) is 34.0 Å². The van der Waals surface area contributed by atoms with Crippen LogP contribution in [0.1, 0.15) is 31.0 Å². The SMILES string of the molecule is COc1cc2nc(C3CCC3)nc(N3CCN(c4c(OC)cccc4OC)CC3)c2cc1OC. The zero-order chi connectivity index (χ0) is 23.7. The molecule has 1 saturated heterocycles. The Morgan fingerprint density at radius 1 is 0.735 bits per heavy atom. The first-order valence-electron chi connectivity index (χ1n) is 11.8. The number of methoxy groups -OCH3 is 4. The lowest BCUT2D eigenvalue weighted by Crippen LogP contribution is -2.47. The van der Waals surface area contributed by atoms with E-state index < -0.39 is 0 Å². The molecule has 0 bridgehead atoms. The van der Waals surface area contributed by atoms with Crippen molar-refractivity contribution in [1.29, 1.82) is 0 Å². The van der Waals surface area contributed by atoms with Crippen LogP contribution in [0.25, 0.3) is 10.9 Å². The van der Waals surface area contributed by atoms with Gasteiger partial charge in [0.25, 0.3) is 0 Å². The topological polar surface area (TPSA) is 69.2 Å². The maximum absolute atomic E-state index is 5.64. The molecule has 1 aliphatic carbocycles. The Kier molecular flexibility index (Phi) is 6.22. The molecule has 0 atom stereocenters. The van der Waals surface area contributed by atoms with Crippen molar-refractivity contribution in [3.8, 4) is 23.0 Å². The van der Waals surface area contributed by atoms with E-state index in [2.05, 4.69) is 9.80 Å². The summed E-state index contributed by atoms with van der Waals surface area (Å²) in [7, 11) is 6.71. The Balaban J connectivity index is 1.49. The highest BCUT2D eigenvalue weighted by molar-refractivity contribution is 5.92. The molecule has 0 N–H and O–H groups in total. The molecule has 0 radical (unpaired) electrons. The van der Waals surface area contributed by atoms with Crippen LogP contribution in [0.3, 0.4) is 0 Å². The van der Waals surface area contributed by atoms with E-state index in [0.29, 0.717) is 17.4 Å². The van der Waals surface area contributed by atoms with Crippen molar-refractivity contribution in [2.24, 2.45) is 0 Å². The summed E-state index contributed by atoms with van der Waals surface area (Å²) in [5.74, 6) is 5.37. The van der Waals surface area contributed by atoms with Crippen LogP contribution in [0.15, 0.2) is 30.3 Å². The summed E-state index contributed by atoms with van der Waals surface area (Å²) in [5.41, 5.74) is 1.90. The van der Waals surface area contributed by atoms with Crippen molar-refractivity contribution in [3.05, 3.63) is 36.2 Å². The van der Waals surface area contributed by atoms with Gasteiger partial charge in [-0.3, -0.25) is 0 Å².